The lowest BCUT2D eigenvalue weighted by molar-refractivity contribution is -0.386. The van der Waals surface area contributed by atoms with Gasteiger partial charge in [0.25, 0.3) is 0 Å². The Kier molecular flexibility index (Phi) is 5.00. The van der Waals surface area contributed by atoms with E-state index in [1.165, 1.54) is 12.1 Å². The molecule has 1 aromatic carbocycles. The average molecular weight is 293 g/mol. The highest BCUT2D eigenvalue weighted by molar-refractivity contribution is 7.80. The summed E-state index contributed by atoms with van der Waals surface area (Å²) < 4.78 is 5.11. The number of rotatable bonds is 5. The summed E-state index contributed by atoms with van der Waals surface area (Å²) in [6.07, 6.45) is 1.29. The number of phenolic OH excluding ortho intramolecular Hbond substituents is 1. The Bertz CT molecular complexity index is 634. The Morgan fingerprint density at radius 2 is 2.35 bits per heavy atom. The maximum Gasteiger partial charge on any atom is 0.315 e. The number of nitrogens with two attached hydrogens (primary N) is 1. The summed E-state index contributed by atoms with van der Waals surface area (Å²) in [5.41, 5.74) is 5.10. The van der Waals surface area contributed by atoms with E-state index in [1.54, 1.807) is 13.0 Å². The van der Waals surface area contributed by atoms with Crippen molar-refractivity contribution in [3.05, 3.63) is 33.4 Å². The maximum atomic E-state index is 10.9. The number of hydrogen-bond donors (Lipinski definition) is 2. The summed E-state index contributed by atoms with van der Waals surface area (Å²) in [5, 5.41) is 29.4. The zero-order valence-corrected chi connectivity index (χ0v) is 11.3. The topological polar surface area (TPSA) is 122 Å². The number of ether oxygens (including phenoxy) is 1. The van der Waals surface area contributed by atoms with Crippen LogP contribution in [0.5, 0.6) is 11.5 Å². The standard InChI is InChI=1S/C12H11N3O4S/c1-2-19-10-5-7(3-8(6-13)12(14)20)4-9(11(10)16)15(17)18/h3-5,16H,2H2,1H3,(H2,14,20)/b8-3-. The van der Waals surface area contributed by atoms with Gasteiger partial charge in [-0.15, -0.1) is 0 Å². The number of nitrogens with zero attached hydrogens (tertiary/aromatic N) is 2. The number of nitriles is 1. The monoisotopic (exact) mass is 293 g/mol. The molecule has 0 amide bonds. The summed E-state index contributed by atoms with van der Waals surface area (Å²) in [6, 6.07) is 4.25. The van der Waals surface area contributed by atoms with Crippen molar-refractivity contribution in [2.75, 3.05) is 6.61 Å². The van der Waals surface area contributed by atoms with E-state index in [0.29, 0.717) is 0 Å². The molecule has 104 valence electrons. The second-order valence-corrected chi connectivity index (χ2v) is 4.05. The smallest absolute Gasteiger partial charge is 0.315 e. The fourth-order valence-corrected chi connectivity index (χ4v) is 1.53. The van der Waals surface area contributed by atoms with Crippen LogP contribution in [-0.2, 0) is 0 Å². The molecule has 0 aromatic heterocycles. The van der Waals surface area contributed by atoms with Crippen molar-refractivity contribution in [1.82, 2.24) is 0 Å². The van der Waals surface area contributed by atoms with Crippen molar-refractivity contribution < 1.29 is 14.8 Å². The predicted molar refractivity (Wildman–Crippen MR) is 76.3 cm³/mol. The molecule has 1 rings (SSSR count). The lowest BCUT2D eigenvalue weighted by atomic mass is 10.1. The molecule has 20 heavy (non-hydrogen) atoms. The van der Waals surface area contributed by atoms with Gasteiger partial charge >= 0.3 is 5.69 Å². The van der Waals surface area contributed by atoms with Crippen molar-refractivity contribution in [2.24, 2.45) is 5.73 Å². The molecule has 7 nitrogen and oxygen atoms in total. The molecule has 0 bridgehead atoms. The minimum atomic E-state index is -0.748. The molecule has 0 aliphatic rings. The van der Waals surface area contributed by atoms with Crippen LogP contribution in [0.1, 0.15) is 12.5 Å². The van der Waals surface area contributed by atoms with Gasteiger partial charge in [-0.25, -0.2) is 0 Å². The maximum absolute atomic E-state index is 10.9. The average Bonchev–Trinajstić information content (AvgIpc) is 2.38. The third kappa shape index (κ3) is 3.43. The molecule has 0 saturated carbocycles. The first-order valence-corrected chi connectivity index (χ1v) is 5.87. The number of thiocarbonyl (C=S) groups is 1. The third-order valence-corrected chi connectivity index (χ3v) is 2.49. The van der Waals surface area contributed by atoms with Gasteiger partial charge in [-0.3, -0.25) is 10.1 Å². The summed E-state index contributed by atoms with van der Waals surface area (Å²) in [4.78, 5) is 10.0. The molecule has 0 aliphatic carbocycles. The Hall–Kier alpha value is -2.66. The van der Waals surface area contributed by atoms with E-state index >= 15 is 0 Å². The van der Waals surface area contributed by atoms with Crippen LogP contribution in [0.2, 0.25) is 0 Å². The molecule has 0 unspecified atom stereocenters. The van der Waals surface area contributed by atoms with Gasteiger partial charge in [0.2, 0.25) is 5.75 Å². The van der Waals surface area contributed by atoms with Crippen LogP contribution in [0.4, 0.5) is 5.69 Å². The fraction of sp³-hybridized carbons (Fsp3) is 0.167. The molecule has 3 N–H and O–H groups in total. The number of aromatic hydroxyl groups is 1. The van der Waals surface area contributed by atoms with Crippen molar-refractivity contribution >= 4 is 29.0 Å². The summed E-state index contributed by atoms with van der Waals surface area (Å²) in [7, 11) is 0. The summed E-state index contributed by atoms with van der Waals surface area (Å²) in [6.45, 7) is 1.89. The molecule has 8 heteroatoms. The number of benzene rings is 1. The van der Waals surface area contributed by atoms with Crippen LogP contribution in [0.25, 0.3) is 6.08 Å². The Morgan fingerprint density at radius 1 is 1.70 bits per heavy atom. The Morgan fingerprint density at radius 3 is 2.80 bits per heavy atom. The molecular formula is C12H11N3O4S. The second kappa shape index (κ2) is 6.49. The molecule has 0 aliphatic heterocycles. The molecule has 0 spiro atoms. The van der Waals surface area contributed by atoms with Crippen LogP contribution in [0.15, 0.2) is 17.7 Å². The van der Waals surface area contributed by atoms with E-state index in [9.17, 15) is 15.2 Å². The van der Waals surface area contributed by atoms with Gasteiger partial charge in [-0.2, -0.15) is 5.26 Å². The predicted octanol–water partition coefficient (Wildman–Crippen LogP) is 1.89. The van der Waals surface area contributed by atoms with Crippen LogP contribution in [0, 0.1) is 21.4 Å². The van der Waals surface area contributed by atoms with E-state index in [0.717, 1.165) is 6.07 Å². The number of nitro groups is 1. The zero-order valence-electron chi connectivity index (χ0n) is 10.5. The molecule has 0 radical (unpaired) electrons. The zero-order chi connectivity index (χ0) is 15.3. The van der Waals surface area contributed by atoms with Gasteiger partial charge in [0.15, 0.2) is 5.75 Å². The van der Waals surface area contributed by atoms with Gasteiger partial charge in [0, 0.05) is 6.07 Å². The van der Waals surface area contributed by atoms with E-state index in [4.69, 9.17) is 15.7 Å². The fourth-order valence-electron chi connectivity index (χ4n) is 1.43. The second-order valence-electron chi connectivity index (χ2n) is 3.61. The molecule has 0 fully saturated rings. The SMILES string of the molecule is CCOc1cc(/C=C(/C#N)C(N)=S)cc([N+](=O)[O-])c1O. The van der Waals surface area contributed by atoms with Crippen LogP contribution >= 0.6 is 12.2 Å². The van der Waals surface area contributed by atoms with E-state index in [2.05, 4.69) is 12.2 Å². The van der Waals surface area contributed by atoms with E-state index < -0.39 is 16.4 Å². The minimum Gasteiger partial charge on any atom is -0.500 e. The molecule has 0 heterocycles. The minimum absolute atomic E-state index is 0.00226. The third-order valence-electron chi connectivity index (χ3n) is 2.27. The van der Waals surface area contributed by atoms with Crippen molar-refractivity contribution in [3.8, 4) is 17.6 Å². The van der Waals surface area contributed by atoms with E-state index in [1.807, 2.05) is 0 Å². The number of nitro benzene ring substituents is 1. The quantitative estimate of drug-likeness (QED) is 0.279. The van der Waals surface area contributed by atoms with Crippen LogP contribution in [0.3, 0.4) is 0 Å². The van der Waals surface area contributed by atoms with Crippen molar-refractivity contribution in [3.63, 3.8) is 0 Å². The largest absolute Gasteiger partial charge is 0.500 e. The highest BCUT2D eigenvalue weighted by Gasteiger charge is 2.19. The lowest BCUT2D eigenvalue weighted by Gasteiger charge is -2.07. The summed E-state index contributed by atoms with van der Waals surface area (Å²) in [5.74, 6) is -0.615. The Labute approximate surface area is 120 Å². The molecule has 0 saturated heterocycles. The highest BCUT2D eigenvalue weighted by atomic mass is 32.1. The van der Waals surface area contributed by atoms with Gasteiger partial charge in [-0.1, -0.05) is 12.2 Å². The van der Waals surface area contributed by atoms with Gasteiger partial charge < -0.3 is 15.6 Å². The summed E-state index contributed by atoms with van der Waals surface area (Å²) >= 11 is 4.68. The van der Waals surface area contributed by atoms with Crippen molar-refractivity contribution in [2.45, 2.75) is 6.92 Å². The van der Waals surface area contributed by atoms with Gasteiger partial charge in [0.1, 0.15) is 11.1 Å². The van der Waals surface area contributed by atoms with Gasteiger partial charge in [0.05, 0.1) is 17.1 Å². The van der Waals surface area contributed by atoms with E-state index in [-0.39, 0.29) is 28.5 Å². The van der Waals surface area contributed by atoms with Gasteiger partial charge in [-0.05, 0) is 24.6 Å². The number of phenols is 1. The number of hydrogen-bond acceptors (Lipinski definition) is 6. The Balaban J connectivity index is 3.46. The van der Waals surface area contributed by atoms with Crippen molar-refractivity contribution in [1.29, 1.82) is 5.26 Å². The normalized spacial score (nSPS) is 10.7. The lowest BCUT2D eigenvalue weighted by Crippen LogP contribution is -2.09. The molecule has 1 aromatic rings. The molecule has 0 atom stereocenters. The molecular weight excluding hydrogens is 282 g/mol. The highest BCUT2D eigenvalue weighted by Crippen LogP contribution is 2.37. The first kappa shape index (κ1) is 15.4. The first-order chi connectivity index (χ1) is 9.40. The van der Waals surface area contributed by atoms with Crippen LogP contribution in [-0.4, -0.2) is 21.6 Å². The first-order valence-electron chi connectivity index (χ1n) is 5.46. The van der Waals surface area contributed by atoms with Crippen LogP contribution < -0.4 is 10.5 Å².